The molecule has 0 aliphatic rings. The van der Waals surface area contributed by atoms with Crippen LogP contribution in [0, 0.1) is 0 Å². The van der Waals surface area contributed by atoms with Crippen molar-refractivity contribution < 1.29 is 57.2 Å². The smallest absolute Gasteiger partial charge is 0.119 e. The fraction of sp³-hybridized carbons (Fsp3) is 0.750. The van der Waals surface area contributed by atoms with Crippen LogP contribution in [-0.2, 0) is 47.4 Å². The summed E-state index contributed by atoms with van der Waals surface area (Å²) < 4.78 is 61.1. The van der Waals surface area contributed by atoms with E-state index in [0.29, 0.717) is 132 Å². The van der Waals surface area contributed by atoms with Gasteiger partial charge in [-0.05, 0) is 25.5 Å². The number of ether oxygens (including phenoxy) is 11. The Morgan fingerprint density at radius 1 is 0.545 bits per heavy atom. The van der Waals surface area contributed by atoms with Gasteiger partial charge in [0.1, 0.15) is 18.5 Å². The van der Waals surface area contributed by atoms with Gasteiger partial charge in [0.15, 0.2) is 0 Å². The minimum atomic E-state index is -0.257. The number of benzene rings is 1. The number of aliphatic hydroxyl groups excluding tert-OH is 1. The first kappa shape index (κ1) is 40.3. The first-order chi connectivity index (χ1) is 21.7. The lowest BCUT2D eigenvalue weighted by Gasteiger charge is -2.19. The van der Waals surface area contributed by atoms with Gasteiger partial charge in [-0.1, -0.05) is 23.8 Å². The summed E-state index contributed by atoms with van der Waals surface area (Å²) >= 11 is 0. The quantitative estimate of drug-likeness (QED) is 0.0875. The molecule has 0 radical (unpaired) electrons. The highest BCUT2D eigenvalue weighted by molar-refractivity contribution is 5.20. The van der Waals surface area contributed by atoms with Crippen LogP contribution in [0.25, 0.3) is 0 Å². The molecule has 0 saturated heterocycles. The van der Waals surface area contributed by atoms with E-state index in [1.807, 2.05) is 37.3 Å². The molecule has 0 bridgehead atoms. The molecular weight excluding hydrogens is 576 g/mol. The van der Waals surface area contributed by atoms with E-state index in [0.717, 1.165) is 17.7 Å². The lowest BCUT2D eigenvalue weighted by atomic mass is 10.3. The van der Waals surface area contributed by atoms with Gasteiger partial charge in [0.2, 0.25) is 0 Å². The van der Waals surface area contributed by atoms with Gasteiger partial charge < -0.3 is 57.2 Å². The standard InChI is InChI=1S/C32H56O12/c1-30(2)8-10-34-12-14-36-16-17-38-18-19-39-20-21-40-24-25-42-28-32(29-44-31-6-4-3-5-7-31)43-27-26-41-23-22-37-15-13-35-11-9-33/h3-7,32-33H,1,8-29H2,2H3. The van der Waals surface area contributed by atoms with Crippen molar-refractivity contribution >= 4 is 0 Å². The van der Waals surface area contributed by atoms with Gasteiger partial charge in [0, 0.05) is 0 Å². The van der Waals surface area contributed by atoms with Crippen molar-refractivity contribution in [3.8, 4) is 5.75 Å². The predicted octanol–water partition coefficient (Wildman–Crippen LogP) is 2.56. The third-order valence-corrected chi connectivity index (χ3v) is 5.58. The minimum absolute atomic E-state index is 0.0122. The summed E-state index contributed by atoms with van der Waals surface area (Å²) in [5.74, 6) is 0.773. The van der Waals surface area contributed by atoms with Gasteiger partial charge in [0.25, 0.3) is 0 Å². The first-order valence-electron chi connectivity index (χ1n) is 15.5. The Bertz CT molecular complexity index is 724. The van der Waals surface area contributed by atoms with E-state index in [1.165, 1.54) is 0 Å². The second kappa shape index (κ2) is 32.7. The van der Waals surface area contributed by atoms with Crippen molar-refractivity contribution in [3.63, 3.8) is 0 Å². The molecule has 1 atom stereocenters. The van der Waals surface area contributed by atoms with E-state index in [2.05, 4.69) is 6.58 Å². The molecule has 1 N–H and O–H groups in total. The van der Waals surface area contributed by atoms with Crippen molar-refractivity contribution in [2.75, 3.05) is 139 Å². The molecule has 1 unspecified atom stereocenters. The van der Waals surface area contributed by atoms with Crippen LogP contribution in [0.2, 0.25) is 0 Å². The molecule has 1 aromatic rings. The summed E-state index contributed by atoms with van der Waals surface area (Å²) in [6.45, 7) is 15.3. The Kier molecular flexibility index (Phi) is 30.0. The van der Waals surface area contributed by atoms with Crippen LogP contribution in [0.4, 0.5) is 0 Å². The third-order valence-electron chi connectivity index (χ3n) is 5.58. The molecule has 0 fully saturated rings. The molecule has 0 heterocycles. The van der Waals surface area contributed by atoms with E-state index in [4.69, 9.17) is 57.2 Å². The monoisotopic (exact) mass is 632 g/mol. The summed E-state index contributed by atoms with van der Waals surface area (Å²) in [4.78, 5) is 0. The molecule has 1 rings (SSSR count). The van der Waals surface area contributed by atoms with E-state index < -0.39 is 0 Å². The highest BCUT2D eigenvalue weighted by Gasteiger charge is 2.11. The van der Waals surface area contributed by atoms with Crippen LogP contribution < -0.4 is 4.74 Å². The SMILES string of the molecule is C=C(C)CCOCCOCCOCCOCCOCCOCC(COc1ccccc1)OCCOCCOCCOCCO. The summed E-state index contributed by atoms with van der Waals surface area (Å²) in [5, 5.41) is 8.66. The molecule has 0 spiro atoms. The van der Waals surface area contributed by atoms with E-state index in [9.17, 15) is 0 Å². The molecule has 0 amide bonds. The predicted molar refractivity (Wildman–Crippen MR) is 166 cm³/mol. The Balaban J connectivity index is 1.98. The lowest BCUT2D eigenvalue weighted by molar-refractivity contribution is -0.0680. The maximum Gasteiger partial charge on any atom is 0.119 e. The molecule has 0 saturated carbocycles. The van der Waals surface area contributed by atoms with Gasteiger partial charge >= 0.3 is 0 Å². The Morgan fingerprint density at radius 3 is 1.41 bits per heavy atom. The van der Waals surface area contributed by atoms with Crippen LogP contribution in [-0.4, -0.2) is 150 Å². The number of hydrogen-bond acceptors (Lipinski definition) is 12. The molecule has 12 heteroatoms. The largest absolute Gasteiger partial charge is 0.491 e. The van der Waals surface area contributed by atoms with Crippen LogP contribution in [0.3, 0.4) is 0 Å². The first-order valence-corrected chi connectivity index (χ1v) is 15.5. The van der Waals surface area contributed by atoms with Crippen molar-refractivity contribution in [2.45, 2.75) is 19.4 Å². The van der Waals surface area contributed by atoms with Gasteiger partial charge in [-0.3, -0.25) is 0 Å². The Hall–Kier alpha value is -1.68. The maximum atomic E-state index is 8.66. The number of rotatable bonds is 35. The van der Waals surface area contributed by atoms with Crippen molar-refractivity contribution in [3.05, 3.63) is 42.5 Å². The average Bonchev–Trinajstić information content (AvgIpc) is 3.03. The zero-order valence-electron chi connectivity index (χ0n) is 26.7. The highest BCUT2D eigenvalue weighted by atomic mass is 16.6. The van der Waals surface area contributed by atoms with Crippen molar-refractivity contribution in [1.29, 1.82) is 0 Å². The lowest BCUT2D eigenvalue weighted by Crippen LogP contribution is -2.29. The molecule has 0 aromatic heterocycles. The van der Waals surface area contributed by atoms with Crippen LogP contribution in [0.1, 0.15) is 13.3 Å². The van der Waals surface area contributed by atoms with Crippen LogP contribution in [0.15, 0.2) is 42.5 Å². The van der Waals surface area contributed by atoms with Crippen molar-refractivity contribution in [1.82, 2.24) is 0 Å². The highest BCUT2D eigenvalue weighted by Crippen LogP contribution is 2.09. The minimum Gasteiger partial charge on any atom is -0.491 e. The number of para-hydroxylation sites is 1. The maximum absolute atomic E-state index is 8.66. The van der Waals surface area contributed by atoms with E-state index in [1.54, 1.807) is 0 Å². The summed E-state index contributed by atoms with van der Waals surface area (Å²) in [6.07, 6.45) is 0.623. The molecular formula is C32H56O12. The topological polar surface area (TPSA) is 122 Å². The van der Waals surface area contributed by atoms with E-state index in [-0.39, 0.29) is 12.7 Å². The fourth-order valence-electron chi connectivity index (χ4n) is 3.29. The number of hydrogen-bond donors (Lipinski definition) is 1. The van der Waals surface area contributed by atoms with Gasteiger partial charge in [-0.15, -0.1) is 6.58 Å². The summed E-state index contributed by atoms with van der Waals surface area (Å²) in [5.41, 5.74) is 1.12. The zero-order chi connectivity index (χ0) is 31.6. The molecule has 12 nitrogen and oxygen atoms in total. The van der Waals surface area contributed by atoms with Gasteiger partial charge in [-0.25, -0.2) is 0 Å². The molecule has 0 aliphatic heterocycles. The third kappa shape index (κ3) is 29.1. The average molecular weight is 633 g/mol. The normalized spacial score (nSPS) is 12.0. The zero-order valence-corrected chi connectivity index (χ0v) is 26.7. The second-order valence-electron chi connectivity index (χ2n) is 9.52. The fourth-order valence-corrected chi connectivity index (χ4v) is 3.29. The van der Waals surface area contributed by atoms with E-state index >= 15 is 0 Å². The summed E-state index contributed by atoms with van der Waals surface area (Å²) in [7, 11) is 0. The Labute approximate surface area is 263 Å². The van der Waals surface area contributed by atoms with Crippen molar-refractivity contribution in [2.24, 2.45) is 0 Å². The Morgan fingerprint density at radius 2 is 0.955 bits per heavy atom. The number of aliphatic hydroxyl groups is 1. The van der Waals surface area contributed by atoms with Gasteiger partial charge in [-0.2, -0.15) is 0 Å². The van der Waals surface area contributed by atoms with Gasteiger partial charge in [0.05, 0.1) is 132 Å². The molecule has 0 aliphatic carbocycles. The second-order valence-corrected chi connectivity index (χ2v) is 9.52. The molecule has 1 aromatic carbocycles. The summed E-state index contributed by atoms with van der Waals surface area (Å²) in [6, 6.07) is 9.59. The molecule has 256 valence electrons. The van der Waals surface area contributed by atoms with Crippen LogP contribution >= 0.6 is 0 Å². The molecule has 44 heavy (non-hydrogen) atoms. The van der Waals surface area contributed by atoms with Crippen LogP contribution in [0.5, 0.6) is 5.75 Å².